The van der Waals surface area contributed by atoms with E-state index in [2.05, 4.69) is 15.3 Å². The molecule has 1 aliphatic rings. The molecule has 1 heterocycles. The number of anilines is 1. The Morgan fingerprint density at radius 1 is 1.29 bits per heavy atom. The fourth-order valence-corrected chi connectivity index (χ4v) is 3.41. The summed E-state index contributed by atoms with van der Waals surface area (Å²) in [6, 6.07) is 8.40. The molecule has 0 saturated heterocycles. The predicted octanol–water partition coefficient (Wildman–Crippen LogP) is 2.67. The lowest BCUT2D eigenvalue weighted by Gasteiger charge is -2.33. The van der Waals surface area contributed by atoms with Gasteiger partial charge in [0.1, 0.15) is 11.9 Å². The fourth-order valence-electron chi connectivity index (χ4n) is 3.41. The third kappa shape index (κ3) is 3.36. The molecule has 1 aliphatic carbocycles. The van der Waals surface area contributed by atoms with Crippen molar-refractivity contribution >= 4 is 5.82 Å². The first kappa shape index (κ1) is 16.3. The van der Waals surface area contributed by atoms with Gasteiger partial charge in [-0.25, -0.2) is 14.4 Å². The van der Waals surface area contributed by atoms with Crippen molar-refractivity contribution in [2.24, 2.45) is 5.41 Å². The van der Waals surface area contributed by atoms with Gasteiger partial charge in [-0.3, -0.25) is 0 Å². The van der Waals surface area contributed by atoms with Crippen LogP contribution in [0.25, 0.3) is 0 Å². The van der Waals surface area contributed by atoms with Crippen LogP contribution in [-0.2, 0) is 6.42 Å². The molecule has 24 heavy (non-hydrogen) atoms. The van der Waals surface area contributed by atoms with Crippen molar-refractivity contribution in [3.05, 3.63) is 53.7 Å². The van der Waals surface area contributed by atoms with E-state index in [9.17, 15) is 9.50 Å². The van der Waals surface area contributed by atoms with Gasteiger partial charge in [-0.15, -0.1) is 0 Å². The number of aromatic nitrogens is 2. The van der Waals surface area contributed by atoms with Gasteiger partial charge < -0.3 is 10.4 Å². The number of nitriles is 1. The Morgan fingerprint density at radius 2 is 2.04 bits per heavy atom. The van der Waals surface area contributed by atoms with E-state index in [-0.39, 0.29) is 16.9 Å². The van der Waals surface area contributed by atoms with Crippen molar-refractivity contribution < 1.29 is 9.50 Å². The molecule has 3 rings (SSSR count). The smallest absolute Gasteiger partial charge is 0.182 e. The van der Waals surface area contributed by atoms with E-state index in [4.69, 9.17) is 5.26 Å². The first-order valence-electron chi connectivity index (χ1n) is 8.00. The highest BCUT2D eigenvalue weighted by atomic mass is 19.1. The second-order valence-electron chi connectivity index (χ2n) is 6.29. The van der Waals surface area contributed by atoms with E-state index >= 15 is 0 Å². The molecule has 6 heteroatoms. The van der Waals surface area contributed by atoms with Gasteiger partial charge in [-0.2, -0.15) is 5.26 Å². The third-order valence-corrected chi connectivity index (χ3v) is 4.74. The predicted molar refractivity (Wildman–Crippen MR) is 87.6 cm³/mol. The maximum atomic E-state index is 13.1. The first-order chi connectivity index (χ1) is 11.6. The number of hydrogen-bond donors (Lipinski definition) is 2. The summed E-state index contributed by atoms with van der Waals surface area (Å²) in [5.74, 6) is 0.161. The van der Waals surface area contributed by atoms with Crippen LogP contribution in [0, 0.1) is 22.6 Å². The maximum Gasteiger partial charge on any atom is 0.182 e. The zero-order valence-corrected chi connectivity index (χ0v) is 13.2. The SMILES string of the molecule is N#Cc1nccnc1NC[C@@]1(Cc2ccc(F)cc2)CCC[C@@H]1O. The quantitative estimate of drug-likeness (QED) is 0.883. The first-order valence-corrected chi connectivity index (χ1v) is 8.00. The highest BCUT2D eigenvalue weighted by molar-refractivity contribution is 5.47. The molecule has 1 fully saturated rings. The van der Waals surface area contributed by atoms with Gasteiger partial charge >= 0.3 is 0 Å². The van der Waals surface area contributed by atoms with Gasteiger partial charge in [0.05, 0.1) is 6.10 Å². The number of halogens is 1. The molecular formula is C18H19FN4O. The van der Waals surface area contributed by atoms with Crippen molar-refractivity contribution in [3.8, 4) is 6.07 Å². The van der Waals surface area contributed by atoms with Gasteiger partial charge in [0.25, 0.3) is 0 Å². The summed E-state index contributed by atoms with van der Waals surface area (Å²) in [5.41, 5.74) is 0.864. The number of nitrogens with one attached hydrogen (secondary N) is 1. The zero-order valence-electron chi connectivity index (χ0n) is 13.2. The topological polar surface area (TPSA) is 81.8 Å². The van der Waals surface area contributed by atoms with E-state index in [1.165, 1.54) is 24.5 Å². The number of aliphatic hydroxyl groups excluding tert-OH is 1. The summed E-state index contributed by atoms with van der Waals surface area (Å²) in [7, 11) is 0. The second kappa shape index (κ2) is 6.93. The summed E-state index contributed by atoms with van der Waals surface area (Å²) in [5, 5.41) is 22.8. The van der Waals surface area contributed by atoms with Crippen molar-refractivity contribution in [2.45, 2.75) is 31.8 Å². The summed E-state index contributed by atoms with van der Waals surface area (Å²) in [6.45, 7) is 0.485. The monoisotopic (exact) mass is 326 g/mol. The van der Waals surface area contributed by atoms with Crippen LogP contribution in [0.15, 0.2) is 36.7 Å². The minimum atomic E-state index is -0.447. The molecule has 5 nitrogen and oxygen atoms in total. The Kier molecular flexibility index (Phi) is 4.72. The minimum Gasteiger partial charge on any atom is -0.392 e. The molecule has 2 N–H and O–H groups in total. The Balaban J connectivity index is 1.79. The molecule has 124 valence electrons. The number of rotatable bonds is 5. The molecular weight excluding hydrogens is 307 g/mol. The van der Waals surface area contributed by atoms with Crippen LogP contribution in [0.2, 0.25) is 0 Å². The Morgan fingerprint density at radius 3 is 2.71 bits per heavy atom. The summed E-state index contributed by atoms with van der Waals surface area (Å²) in [4.78, 5) is 8.15. The number of nitrogens with zero attached hydrogens (tertiary/aromatic N) is 3. The summed E-state index contributed by atoms with van der Waals surface area (Å²) in [6.07, 6.45) is 5.75. The normalized spacial score (nSPS) is 23.0. The van der Waals surface area contributed by atoms with Crippen molar-refractivity contribution in [2.75, 3.05) is 11.9 Å². The largest absolute Gasteiger partial charge is 0.392 e. The van der Waals surface area contributed by atoms with Crippen LogP contribution < -0.4 is 5.32 Å². The van der Waals surface area contributed by atoms with Crippen molar-refractivity contribution in [1.29, 1.82) is 5.26 Å². The van der Waals surface area contributed by atoms with E-state index in [0.717, 1.165) is 24.8 Å². The Labute approximate surface area is 140 Å². The van der Waals surface area contributed by atoms with E-state index in [0.29, 0.717) is 18.8 Å². The summed E-state index contributed by atoms with van der Waals surface area (Å²) >= 11 is 0. The van der Waals surface area contributed by atoms with Crippen LogP contribution in [0.4, 0.5) is 10.2 Å². The second-order valence-corrected chi connectivity index (χ2v) is 6.29. The fraction of sp³-hybridized carbons (Fsp3) is 0.389. The Bertz CT molecular complexity index is 743. The standard InChI is InChI=1S/C18H19FN4O/c19-14-5-3-13(4-6-14)10-18(7-1-2-16(18)24)12-23-17-15(11-20)21-8-9-22-17/h3-6,8-9,16,24H,1-2,7,10,12H2,(H,22,23)/t16-,18-/m0/s1. The van der Waals surface area contributed by atoms with Crippen molar-refractivity contribution in [1.82, 2.24) is 9.97 Å². The molecule has 1 aromatic carbocycles. The van der Waals surface area contributed by atoms with Crippen molar-refractivity contribution in [3.63, 3.8) is 0 Å². The molecule has 0 unspecified atom stereocenters. The van der Waals surface area contributed by atoms with Gasteiger partial charge in [0.2, 0.25) is 0 Å². The van der Waals surface area contributed by atoms with Gasteiger partial charge in [0.15, 0.2) is 11.5 Å². The van der Waals surface area contributed by atoms with Gasteiger partial charge in [0, 0.05) is 24.4 Å². The molecule has 2 aromatic rings. The highest BCUT2D eigenvalue weighted by Crippen LogP contribution is 2.41. The molecule has 1 saturated carbocycles. The number of benzene rings is 1. The minimum absolute atomic E-state index is 0.238. The lowest BCUT2D eigenvalue weighted by molar-refractivity contribution is 0.0618. The van der Waals surface area contributed by atoms with Crippen LogP contribution in [0.1, 0.15) is 30.5 Å². The molecule has 0 spiro atoms. The van der Waals surface area contributed by atoms with Crippen LogP contribution in [0.5, 0.6) is 0 Å². The van der Waals surface area contributed by atoms with E-state index in [1.54, 1.807) is 12.1 Å². The molecule has 1 aromatic heterocycles. The lowest BCUT2D eigenvalue weighted by atomic mass is 9.78. The van der Waals surface area contributed by atoms with Gasteiger partial charge in [-0.1, -0.05) is 18.6 Å². The van der Waals surface area contributed by atoms with Gasteiger partial charge in [-0.05, 0) is 37.0 Å². The average molecular weight is 326 g/mol. The molecule has 0 amide bonds. The number of hydrogen-bond acceptors (Lipinski definition) is 5. The van der Waals surface area contributed by atoms with Crippen LogP contribution >= 0.6 is 0 Å². The molecule has 2 atom stereocenters. The molecule has 0 bridgehead atoms. The average Bonchev–Trinajstić information content (AvgIpc) is 2.96. The Hall–Kier alpha value is -2.52. The summed E-state index contributed by atoms with van der Waals surface area (Å²) < 4.78 is 13.1. The maximum absolute atomic E-state index is 13.1. The van der Waals surface area contributed by atoms with E-state index in [1.807, 2.05) is 6.07 Å². The van der Waals surface area contributed by atoms with Crippen LogP contribution in [-0.4, -0.2) is 27.7 Å². The zero-order chi connectivity index (χ0) is 17.0. The third-order valence-electron chi connectivity index (χ3n) is 4.74. The lowest BCUT2D eigenvalue weighted by Crippen LogP contribution is -2.39. The van der Waals surface area contributed by atoms with Crippen LogP contribution in [0.3, 0.4) is 0 Å². The molecule has 0 radical (unpaired) electrons. The molecule has 0 aliphatic heterocycles. The van der Waals surface area contributed by atoms with E-state index < -0.39 is 6.10 Å². The number of aliphatic hydroxyl groups is 1. The highest BCUT2D eigenvalue weighted by Gasteiger charge is 2.42.